The fraction of sp³-hybridized carbons (Fsp3) is 0.478. The molecule has 1 atom stereocenters. The molecular weight excluding hydrogens is 386 g/mol. The van der Waals surface area contributed by atoms with E-state index in [2.05, 4.69) is 23.1 Å². The maximum absolute atomic E-state index is 12.8. The van der Waals surface area contributed by atoms with Gasteiger partial charge in [0.15, 0.2) is 0 Å². The molecule has 6 heteroatoms. The number of nitrogens with zero attached hydrogens (tertiary/aromatic N) is 3. The molecular formula is C23H28ClN3O2. The van der Waals surface area contributed by atoms with Gasteiger partial charge in [0.05, 0.1) is 19.8 Å². The molecule has 2 saturated heterocycles. The number of halogens is 1. The predicted octanol–water partition coefficient (Wildman–Crippen LogP) is 3.36. The number of rotatable bonds is 5. The van der Waals surface area contributed by atoms with Gasteiger partial charge in [0.25, 0.3) is 0 Å². The van der Waals surface area contributed by atoms with Gasteiger partial charge in [0.1, 0.15) is 0 Å². The highest BCUT2D eigenvalue weighted by Crippen LogP contribution is 2.26. The fourth-order valence-electron chi connectivity index (χ4n) is 4.13. The molecule has 0 spiro atoms. The number of hydrogen-bond donors (Lipinski definition) is 0. The molecule has 5 nitrogen and oxygen atoms in total. The zero-order chi connectivity index (χ0) is 20.1. The predicted molar refractivity (Wildman–Crippen MR) is 114 cm³/mol. The summed E-state index contributed by atoms with van der Waals surface area (Å²) in [5.41, 5.74) is 3.35. The average molecular weight is 414 g/mol. The highest BCUT2D eigenvalue weighted by Gasteiger charge is 2.27. The normalized spacial score (nSPS) is 20.6. The van der Waals surface area contributed by atoms with Gasteiger partial charge in [-0.15, -0.1) is 0 Å². The van der Waals surface area contributed by atoms with E-state index in [1.54, 1.807) is 0 Å². The molecule has 0 unspecified atom stereocenters. The third kappa shape index (κ3) is 5.56. The smallest absolute Gasteiger partial charge is 0.236 e. The average Bonchev–Trinajstić information content (AvgIpc) is 2.76. The molecule has 29 heavy (non-hydrogen) atoms. The summed E-state index contributed by atoms with van der Waals surface area (Å²) in [6.45, 7) is 5.25. The Morgan fingerprint density at radius 1 is 1.10 bits per heavy atom. The van der Waals surface area contributed by atoms with E-state index in [0.717, 1.165) is 75.1 Å². The molecule has 1 aromatic heterocycles. The van der Waals surface area contributed by atoms with Crippen LogP contribution in [-0.2, 0) is 16.0 Å². The largest absolute Gasteiger partial charge is 0.379 e. The maximum atomic E-state index is 12.8. The number of carbonyl (C=O) groups is 1. The topological polar surface area (TPSA) is 45.7 Å². The van der Waals surface area contributed by atoms with Crippen LogP contribution < -0.4 is 0 Å². The van der Waals surface area contributed by atoms with E-state index in [-0.39, 0.29) is 5.91 Å². The quantitative estimate of drug-likeness (QED) is 0.754. The molecule has 2 aromatic rings. The van der Waals surface area contributed by atoms with Crippen molar-refractivity contribution in [1.29, 1.82) is 0 Å². The first-order chi connectivity index (χ1) is 14.2. The molecule has 0 saturated carbocycles. The van der Waals surface area contributed by atoms with Gasteiger partial charge in [0, 0.05) is 54.9 Å². The molecule has 1 amide bonds. The monoisotopic (exact) mass is 413 g/mol. The van der Waals surface area contributed by atoms with Crippen molar-refractivity contribution in [3.05, 3.63) is 64.4 Å². The Labute approximate surface area is 177 Å². The zero-order valence-corrected chi connectivity index (χ0v) is 17.5. The number of carbonyl (C=O) groups excluding carboxylic acids is 1. The van der Waals surface area contributed by atoms with Crippen molar-refractivity contribution in [3.63, 3.8) is 0 Å². The molecule has 3 heterocycles. The lowest BCUT2D eigenvalue weighted by atomic mass is 9.93. The van der Waals surface area contributed by atoms with Crippen LogP contribution in [0.5, 0.6) is 0 Å². The molecule has 4 rings (SSSR count). The van der Waals surface area contributed by atoms with Crippen LogP contribution >= 0.6 is 11.6 Å². The molecule has 2 aliphatic rings. The van der Waals surface area contributed by atoms with Crippen molar-refractivity contribution < 1.29 is 9.53 Å². The minimum atomic E-state index is 0.230. The van der Waals surface area contributed by atoms with Crippen LogP contribution in [0.2, 0.25) is 5.02 Å². The van der Waals surface area contributed by atoms with Crippen molar-refractivity contribution in [1.82, 2.24) is 14.8 Å². The van der Waals surface area contributed by atoms with E-state index in [1.165, 1.54) is 5.56 Å². The van der Waals surface area contributed by atoms with Gasteiger partial charge in [0.2, 0.25) is 5.91 Å². The summed E-state index contributed by atoms with van der Waals surface area (Å²) in [4.78, 5) is 21.9. The van der Waals surface area contributed by atoms with Crippen LogP contribution in [-0.4, -0.2) is 66.6 Å². The Bertz CT molecular complexity index is 821. The van der Waals surface area contributed by atoms with Crippen molar-refractivity contribution in [2.75, 3.05) is 45.9 Å². The van der Waals surface area contributed by atoms with Gasteiger partial charge in [-0.1, -0.05) is 29.8 Å². The summed E-state index contributed by atoms with van der Waals surface area (Å²) in [6, 6.07) is 14.2. The van der Waals surface area contributed by atoms with Crippen LogP contribution in [0.4, 0.5) is 0 Å². The summed E-state index contributed by atoms with van der Waals surface area (Å²) in [5.74, 6) is 0.538. The second kappa shape index (κ2) is 9.70. The van der Waals surface area contributed by atoms with Crippen LogP contribution in [0.3, 0.4) is 0 Å². The summed E-state index contributed by atoms with van der Waals surface area (Å²) < 4.78 is 5.38. The summed E-state index contributed by atoms with van der Waals surface area (Å²) in [6.07, 6.45) is 2.90. The van der Waals surface area contributed by atoms with E-state index in [9.17, 15) is 4.79 Å². The van der Waals surface area contributed by atoms with Gasteiger partial charge < -0.3 is 9.64 Å². The van der Waals surface area contributed by atoms with Crippen LogP contribution in [0.25, 0.3) is 0 Å². The SMILES string of the molecule is O=C(CN1CCOCC1)N1CCC[C@@H](c2cccc(Cc3ccc(Cl)cc3)n2)C1. The van der Waals surface area contributed by atoms with Gasteiger partial charge in [-0.2, -0.15) is 0 Å². The molecule has 0 aliphatic carbocycles. The third-order valence-corrected chi connectivity index (χ3v) is 6.03. The van der Waals surface area contributed by atoms with Crippen molar-refractivity contribution in [2.45, 2.75) is 25.2 Å². The lowest BCUT2D eigenvalue weighted by Crippen LogP contribution is -2.47. The van der Waals surface area contributed by atoms with Crippen LogP contribution in [0, 0.1) is 0 Å². The number of hydrogen-bond acceptors (Lipinski definition) is 4. The van der Waals surface area contributed by atoms with Gasteiger partial charge in [-0.3, -0.25) is 14.7 Å². The molecule has 0 bridgehead atoms. The number of pyridine rings is 1. The first-order valence-corrected chi connectivity index (χ1v) is 10.8. The highest BCUT2D eigenvalue weighted by atomic mass is 35.5. The van der Waals surface area contributed by atoms with Crippen molar-refractivity contribution in [3.8, 4) is 0 Å². The molecule has 2 aliphatic heterocycles. The number of piperidine rings is 1. The van der Waals surface area contributed by atoms with E-state index < -0.39 is 0 Å². The van der Waals surface area contributed by atoms with Crippen LogP contribution in [0.15, 0.2) is 42.5 Å². The maximum Gasteiger partial charge on any atom is 0.236 e. The first-order valence-electron chi connectivity index (χ1n) is 10.5. The molecule has 0 radical (unpaired) electrons. The van der Waals surface area contributed by atoms with E-state index in [4.69, 9.17) is 21.3 Å². The van der Waals surface area contributed by atoms with E-state index in [0.29, 0.717) is 12.5 Å². The second-order valence-electron chi connectivity index (χ2n) is 7.92. The highest BCUT2D eigenvalue weighted by molar-refractivity contribution is 6.30. The molecule has 1 aromatic carbocycles. The molecule has 0 N–H and O–H groups in total. The van der Waals surface area contributed by atoms with E-state index >= 15 is 0 Å². The summed E-state index contributed by atoms with van der Waals surface area (Å²) >= 11 is 5.99. The molecule has 2 fully saturated rings. The molecule has 154 valence electrons. The first kappa shape index (κ1) is 20.3. The van der Waals surface area contributed by atoms with E-state index in [1.807, 2.05) is 29.2 Å². The number of amides is 1. The fourth-order valence-corrected chi connectivity index (χ4v) is 4.26. The summed E-state index contributed by atoms with van der Waals surface area (Å²) in [5, 5.41) is 0.750. The number of morpholine rings is 1. The van der Waals surface area contributed by atoms with Crippen molar-refractivity contribution >= 4 is 17.5 Å². The van der Waals surface area contributed by atoms with Crippen LogP contribution in [0.1, 0.15) is 35.7 Å². The summed E-state index contributed by atoms with van der Waals surface area (Å²) in [7, 11) is 0. The Morgan fingerprint density at radius 2 is 1.90 bits per heavy atom. The van der Waals surface area contributed by atoms with Gasteiger partial charge in [-0.25, -0.2) is 0 Å². The second-order valence-corrected chi connectivity index (χ2v) is 8.36. The Balaban J connectivity index is 1.38. The van der Waals surface area contributed by atoms with Gasteiger partial charge >= 0.3 is 0 Å². The number of ether oxygens (including phenoxy) is 1. The minimum absolute atomic E-state index is 0.230. The number of benzene rings is 1. The lowest BCUT2D eigenvalue weighted by molar-refractivity contribution is -0.134. The van der Waals surface area contributed by atoms with Gasteiger partial charge in [-0.05, 0) is 42.7 Å². The Hall–Kier alpha value is -1.95. The third-order valence-electron chi connectivity index (χ3n) is 5.78. The standard InChI is InChI=1S/C23H28ClN3O2/c24-20-8-6-18(7-9-20)15-21-4-1-5-22(25-21)19-3-2-10-27(16-19)23(28)17-26-11-13-29-14-12-26/h1,4-9,19H,2-3,10-17H2/t19-/m1/s1. The van der Waals surface area contributed by atoms with Crippen molar-refractivity contribution in [2.24, 2.45) is 0 Å². The number of aromatic nitrogens is 1. The Morgan fingerprint density at radius 3 is 2.69 bits per heavy atom. The lowest BCUT2D eigenvalue weighted by Gasteiger charge is -2.35. The number of likely N-dealkylation sites (tertiary alicyclic amines) is 1. The zero-order valence-electron chi connectivity index (χ0n) is 16.7. The minimum Gasteiger partial charge on any atom is -0.379 e. The Kier molecular flexibility index (Phi) is 6.80.